The Morgan fingerprint density at radius 2 is 1.97 bits per heavy atom. The van der Waals surface area contributed by atoms with Gasteiger partial charge in [-0.05, 0) is 55.5 Å². The van der Waals surface area contributed by atoms with Crippen LogP contribution in [0.2, 0.25) is 0 Å². The first-order chi connectivity index (χ1) is 15.4. The fourth-order valence-electron chi connectivity index (χ4n) is 3.39. The second-order valence-corrected chi connectivity index (χ2v) is 7.55. The zero-order valence-electron chi connectivity index (χ0n) is 18.0. The summed E-state index contributed by atoms with van der Waals surface area (Å²) < 4.78 is 10.7. The van der Waals surface area contributed by atoms with Crippen LogP contribution < -0.4 is 15.4 Å². The molecule has 32 heavy (non-hydrogen) atoms. The Bertz CT molecular complexity index is 961. The number of hydrogen-bond donors (Lipinski definition) is 2. The van der Waals surface area contributed by atoms with E-state index in [2.05, 4.69) is 10.6 Å². The molecule has 2 heterocycles. The summed E-state index contributed by atoms with van der Waals surface area (Å²) in [5, 5.41) is 5.80. The van der Waals surface area contributed by atoms with Crippen LogP contribution in [0.15, 0.2) is 47.1 Å². The Morgan fingerprint density at radius 3 is 2.59 bits per heavy atom. The van der Waals surface area contributed by atoms with E-state index in [1.54, 1.807) is 41.3 Å². The highest BCUT2D eigenvalue weighted by Crippen LogP contribution is 2.24. The molecule has 1 atom stereocenters. The van der Waals surface area contributed by atoms with E-state index in [4.69, 9.17) is 21.4 Å². The van der Waals surface area contributed by atoms with Crippen LogP contribution in [-0.4, -0.2) is 58.4 Å². The molecule has 1 aromatic carbocycles. The van der Waals surface area contributed by atoms with E-state index in [0.717, 1.165) is 0 Å². The van der Waals surface area contributed by atoms with Crippen molar-refractivity contribution in [3.8, 4) is 5.75 Å². The summed E-state index contributed by atoms with van der Waals surface area (Å²) in [6.07, 6.45) is 1.44. The predicted molar refractivity (Wildman–Crippen MR) is 122 cm³/mol. The Morgan fingerprint density at radius 1 is 1.22 bits per heavy atom. The minimum absolute atomic E-state index is 0.0824. The van der Waals surface area contributed by atoms with Crippen molar-refractivity contribution in [1.82, 2.24) is 15.1 Å². The average molecular weight is 459 g/mol. The van der Waals surface area contributed by atoms with Gasteiger partial charge in [0.05, 0.1) is 25.8 Å². The molecule has 3 amide bonds. The highest BCUT2D eigenvalue weighted by atomic mass is 32.1. The van der Waals surface area contributed by atoms with Crippen molar-refractivity contribution in [2.45, 2.75) is 32.9 Å². The molecule has 170 valence electrons. The molecule has 2 N–H and O–H groups in total. The highest BCUT2D eigenvalue weighted by molar-refractivity contribution is 7.80. The number of amides is 3. The lowest BCUT2D eigenvalue weighted by Gasteiger charge is -2.23. The molecule has 1 fully saturated rings. The van der Waals surface area contributed by atoms with E-state index in [9.17, 15) is 14.4 Å². The molecule has 9 nitrogen and oxygen atoms in total. The lowest BCUT2D eigenvalue weighted by Crippen LogP contribution is -2.42. The molecule has 1 aromatic heterocycles. The maximum Gasteiger partial charge on any atom is 0.252 e. The van der Waals surface area contributed by atoms with Crippen molar-refractivity contribution >= 4 is 40.7 Å². The van der Waals surface area contributed by atoms with E-state index < -0.39 is 6.04 Å². The number of hydrogen-bond acceptors (Lipinski definition) is 6. The minimum Gasteiger partial charge on any atom is -0.494 e. The van der Waals surface area contributed by atoms with Gasteiger partial charge < -0.3 is 24.7 Å². The van der Waals surface area contributed by atoms with E-state index in [0.29, 0.717) is 42.0 Å². The van der Waals surface area contributed by atoms with Gasteiger partial charge in [0.25, 0.3) is 5.91 Å². The third kappa shape index (κ3) is 5.85. The quantitative estimate of drug-likeness (QED) is 0.526. The molecular weight excluding hydrogens is 432 g/mol. The first-order valence-corrected chi connectivity index (χ1v) is 10.7. The molecule has 10 heteroatoms. The van der Waals surface area contributed by atoms with Gasteiger partial charge in [0.15, 0.2) is 5.11 Å². The number of furan rings is 1. The number of nitrogens with one attached hydrogen (secondary N) is 2. The van der Waals surface area contributed by atoms with Gasteiger partial charge in [-0.2, -0.15) is 0 Å². The number of rotatable bonds is 10. The zero-order valence-corrected chi connectivity index (χ0v) is 18.8. The molecule has 2 aromatic rings. The van der Waals surface area contributed by atoms with Crippen LogP contribution in [-0.2, 0) is 20.9 Å². The van der Waals surface area contributed by atoms with E-state index in [-0.39, 0.29) is 30.7 Å². The number of ether oxygens (including phenoxy) is 1. The fourth-order valence-corrected chi connectivity index (χ4v) is 3.76. The minimum atomic E-state index is -0.770. The lowest BCUT2D eigenvalue weighted by molar-refractivity contribution is -0.131. The van der Waals surface area contributed by atoms with Crippen LogP contribution in [0.3, 0.4) is 0 Å². The summed E-state index contributed by atoms with van der Waals surface area (Å²) in [6, 6.07) is 9.72. The summed E-state index contributed by atoms with van der Waals surface area (Å²) in [7, 11) is 0. The third-order valence-corrected chi connectivity index (χ3v) is 5.31. The van der Waals surface area contributed by atoms with Crippen LogP contribution in [0, 0.1) is 0 Å². The summed E-state index contributed by atoms with van der Waals surface area (Å²) in [6.45, 7) is 4.65. The van der Waals surface area contributed by atoms with Gasteiger partial charge in [0.1, 0.15) is 17.6 Å². The zero-order chi connectivity index (χ0) is 23.1. The molecule has 1 aliphatic rings. The summed E-state index contributed by atoms with van der Waals surface area (Å²) in [5.74, 6) is 0.510. The molecular formula is C22H26N4O5S. The standard InChI is InChI=1S/C22H26N4O5S/c1-3-30-17-8-6-16(7-9-17)24-20(28)13-19-21(29)26(14-18-5-4-12-31-18)22(32)25(19)11-10-23-15(2)27/h4-9,12,19H,3,10-11,13-14H2,1-2H3,(H,23,27)(H,24,28)/t19-/m1/s1. The summed E-state index contributed by atoms with van der Waals surface area (Å²) in [5.41, 5.74) is 0.601. The number of anilines is 1. The maximum absolute atomic E-state index is 13.1. The fraction of sp³-hybridized carbons (Fsp3) is 0.364. The van der Waals surface area contributed by atoms with Gasteiger partial charge >= 0.3 is 0 Å². The summed E-state index contributed by atoms with van der Waals surface area (Å²) in [4.78, 5) is 40.2. The molecule has 1 saturated heterocycles. The van der Waals surface area contributed by atoms with Gasteiger partial charge in [0, 0.05) is 25.7 Å². The van der Waals surface area contributed by atoms with Crippen molar-refractivity contribution in [2.24, 2.45) is 0 Å². The topological polar surface area (TPSA) is 104 Å². The summed E-state index contributed by atoms with van der Waals surface area (Å²) >= 11 is 5.52. The monoisotopic (exact) mass is 458 g/mol. The molecule has 0 saturated carbocycles. The van der Waals surface area contributed by atoms with Gasteiger partial charge in [0.2, 0.25) is 11.8 Å². The van der Waals surface area contributed by atoms with E-state index >= 15 is 0 Å². The maximum atomic E-state index is 13.1. The number of nitrogens with zero attached hydrogens (tertiary/aromatic N) is 2. The molecule has 0 bridgehead atoms. The second-order valence-electron chi connectivity index (χ2n) is 7.19. The third-order valence-electron chi connectivity index (χ3n) is 4.85. The molecule has 1 aliphatic heterocycles. The van der Waals surface area contributed by atoms with E-state index in [1.807, 2.05) is 6.92 Å². The molecule has 0 spiro atoms. The SMILES string of the molecule is CCOc1ccc(NC(=O)C[C@@H]2C(=O)N(Cc3ccco3)C(=S)N2CCNC(C)=O)cc1. The van der Waals surface area contributed by atoms with Crippen LogP contribution in [0.5, 0.6) is 5.75 Å². The molecule has 0 radical (unpaired) electrons. The number of thiocarbonyl (C=S) groups is 1. The van der Waals surface area contributed by atoms with Crippen molar-refractivity contribution in [3.63, 3.8) is 0 Å². The van der Waals surface area contributed by atoms with Crippen molar-refractivity contribution in [2.75, 3.05) is 25.0 Å². The lowest BCUT2D eigenvalue weighted by atomic mass is 10.1. The van der Waals surface area contributed by atoms with Crippen LogP contribution in [0.1, 0.15) is 26.0 Å². The Hall–Kier alpha value is -3.40. The van der Waals surface area contributed by atoms with Crippen molar-refractivity contribution in [3.05, 3.63) is 48.4 Å². The number of carbonyl (C=O) groups is 3. The average Bonchev–Trinajstić information content (AvgIpc) is 3.34. The Labute approximate surface area is 191 Å². The molecule has 0 aliphatic carbocycles. The normalized spacial score (nSPS) is 15.8. The first-order valence-electron chi connectivity index (χ1n) is 10.3. The van der Waals surface area contributed by atoms with Gasteiger partial charge in [-0.1, -0.05) is 0 Å². The van der Waals surface area contributed by atoms with E-state index in [1.165, 1.54) is 18.1 Å². The molecule has 3 rings (SSSR count). The predicted octanol–water partition coefficient (Wildman–Crippen LogP) is 2.14. The van der Waals surface area contributed by atoms with Crippen molar-refractivity contribution in [1.29, 1.82) is 0 Å². The Balaban J connectivity index is 1.69. The van der Waals surface area contributed by atoms with Crippen molar-refractivity contribution < 1.29 is 23.5 Å². The number of carbonyl (C=O) groups excluding carboxylic acids is 3. The van der Waals surface area contributed by atoms with Crippen LogP contribution in [0.25, 0.3) is 0 Å². The van der Waals surface area contributed by atoms with Gasteiger partial charge in [-0.15, -0.1) is 0 Å². The van der Waals surface area contributed by atoms with Gasteiger partial charge in [-0.3, -0.25) is 19.3 Å². The first kappa shape index (κ1) is 23.3. The second kappa shape index (κ2) is 10.8. The Kier molecular flexibility index (Phi) is 7.82. The largest absolute Gasteiger partial charge is 0.494 e. The highest BCUT2D eigenvalue weighted by Gasteiger charge is 2.43. The van der Waals surface area contributed by atoms with Crippen LogP contribution >= 0.6 is 12.2 Å². The van der Waals surface area contributed by atoms with Crippen LogP contribution in [0.4, 0.5) is 5.69 Å². The smallest absolute Gasteiger partial charge is 0.252 e. The van der Waals surface area contributed by atoms with Gasteiger partial charge in [-0.25, -0.2) is 0 Å². The molecule has 0 unspecified atom stereocenters. The number of benzene rings is 1.